The van der Waals surface area contributed by atoms with Crippen LogP contribution in [0.4, 0.5) is 0 Å². The highest BCUT2D eigenvalue weighted by Gasteiger charge is 2.16. The van der Waals surface area contributed by atoms with Crippen LogP contribution in [-0.2, 0) is 0 Å². The van der Waals surface area contributed by atoms with Gasteiger partial charge in [0.15, 0.2) is 0 Å². The lowest BCUT2D eigenvalue weighted by Gasteiger charge is -2.22. The first-order chi connectivity index (χ1) is 8.82. The van der Waals surface area contributed by atoms with Gasteiger partial charge in [0.2, 0.25) is 0 Å². The summed E-state index contributed by atoms with van der Waals surface area (Å²) in [5.41, 5.74) is 7.90. The highest BCUT2D eigenvalue weighted by molar-refractivity contribution is 14.1. The molecule has 0 heterocycles. The molecule has 106 valence electrons. The van der Waals surface area contributed by atoms with Gasteiger partial charge in [0, 0.05) is 23.2 Å². The highest BCUT2D eigenvalue weighted by atomic mass is 127. The summed E-state index contributed by atoms with van der Waals surface area (Å²) in [6.07, 6.45) is 0.836. The Hall–Kier alpha value is -0.620. The van der Waals surface area contributed by atoms with Gasteiger partial charge in [-0.3, -0.25) is 4.79 Å². The molecule has 0 aromatic heterocycles. The summed E-state index contributed by atoms with van der Waals surface area (Å²) < 4.78 is 0.994. The summed E-state index contributed by atoms with van der Waals surface area (Å²) in [6.45, 7) is 6.91. The molecule has 1 atom stereocenters. The molecule has 1 amide bonds. The minimum atomic E-state index is 0.0732. The zero-order valence-corrected chi connectivity index (χ0v) is 14.3. The van der Waals surface area contributed by atoms with E-state index in [2.05, 4.69) is 36.4 Å². The van der Waals surface area contributed by atoms with E-state index in [9.17, 15) is 4.79 Å². The number of carbonyl (C=O) groups excluding carboxylic acids is 1. The van der Waals surface area contributed by atoms with E-state index in [1.54, 1.807) is 4.90 Å². The van der Waals surface area contributed by atoms with Crippen molar-refractivity contribution in [2.24, 2.45) is 11.7 Å². The number of carbonyl (C=O) groups is 1. The summed E-state index contributed by atoms with van der Waals surface area (Å²) >= 11 is 2.21. The number of rotatable bonds is 5. The van der Waals surface area contributed by atoms with Crippen LogP contribution in [0.2, 0.25) is 0 Å². The van der Waals surface area contributed by atoms with E-state index in [4.69, 9.17) is 5.73 Å². The van der Waals surface area contributed by atoms with Crippen LogP contribution < -0.4 is 5.73 Å². The van der Waals surface area contributed by atoms with Gasteiger partial charge in [-0.05, 0) is 54.0 Å². The molecule has 0 bridgehead atoms. The van der Waals surface area contributed by atoms with Crippen LogP contribution in [0.5, 0.6) is 0 Å². The van der Waals surface area contributed by atoms with Gasteiger partial charge in [-0.25, -0.2) is 0 Å². The molecule has 0 fully saturated rings. The molecule has 1 aromatic carbocycles. The molecule has 1 unspecified atom stereocenters. The summed E-state index contributed by atoms with van der Waals surface area (Å²) in [7, 11) is 1.84. The molecule has 3 nitrogen and oxygen atoms in total. The lowest BCUT2D eigenvalue weighted by molar-refractivity contribution is 0.0788. The maximum atomic E-state index is 12.4. The number of hydrogen-bond acceptors (Lipinski definition) is 2. The minimum absolute atomic E-state index is 0.0732. The van der Waals surface area contributed by atoms with Gasteiger partial charge in [-0.1, -0.05) is 25.5 Å². The SMILES string of the molecule is Cc1ccc(I)c(C(=O)N(C)CCC(N)C(C)C)c1. The second-order valence-corrected chi connectivity index (χ2v) is 6.57. The average Bonchev–Trinajstić information content (AvgIpc) is 2.37. The molecule has 0 aliphatic carbocycles. The van der Waals surface area contributed by atoms with Crippen molar-refractivity contribution >= 4 is 28.5 Å². The molecule has 0 aliphatic rings. The number of amides is 1. The van der Waals surface area contributed by atoms with E-state index in [-0.39, 0.29) is 11.9 Å². The summed E-state index contributed by atoms with van der Waals surface area (Å²) in [5.74, 6) is 0.520. The first-order valence-corrected chi connectivity index (χ1v) is 7.68. The second-order valence-electron chi connectivity index (χ2n) is 5.41. The molecule has 4 heteroatoms. The van der Waals surface area contributed by atoms with Crippen molar-refractivity contribution in [3.63, 3.8) is 0 Å². The van der Waals surface area contributed by atoms with Gasteiger partial charge in [0.1, 0.15) is 0 Å². The van der Waals surface area contributed by atoms with Crippen molar-refractivity contribution in [1.82, 2.24) is 4.90 Å². The lowest BCUT2D eigenvalue weighted by atomic mass is 10.0. The van der Waals surface area contributed by atoms with Gasteiger partial charge >= 0.3 is 0 Å². The van der Waals surface area contributed by atoms with Crippen LogP contribution >= 0.6 is 22.6 Å². The Balaban J connectivity index is 2.69. The number of nitrogens with zero attached hydrogens (tertiary/aromatic N) is 1. The molecule has 0 spiro atoms. The van der Waals surface area contributed by atoms with Gasteiger partial charge < -0.3 is 10.6 Å². The van der Waals surface area contributed by atoms with Crippen LogP contribution in [0.15, 0.2) is 18.2 Å². The minimum Gasteiger partial charge on any atom is -0.342 e. The van der Waals surface area contributed by atoms with Crippen molar-refractivity contribution in [3.8, 4) is 0 Å². The van der Waals surface area contributed by atoms with E-state index < -0.39 is 0 Å². The number of halogens is 1. The molecule has 0 radical (unpaired) electrons. The fraction of sp³-hybridized carbons (Fsp3) is 0.533. The summed E-state index contributed by atoms with van der Waals surface area (Å²) in [4.78, 5) is 14.1. The van der Waals surface area contributed by atoms with Crippen molar-refractivity contribution in [2.45, 2.75) is 33.2 Å². The zero-order valence-electron chi connectivity index (χ0n) is 12.1. The van der Waals surface area contributed by atoms with E-state index in [1.807, 2.05) is 32.2 Å². The van der Waals surface area contributed by atoms with Crippen LogP contribution in [0.3, 0.4) is 0 Å². The smallest absolute Gasteiger partial charge is 0.254 e. The van der Waals surface area contributed by atoms with Gasteiger partial charge in [0.05, 0.1) is 5.56 Å². The molecule has 1 rings (SSSR count). The Labute approximate surface area is 129 Å². The van der Waals surface area contributed by atoms with E-state index in [1.165, 1.54) is 0 Å². The number of aryl methyl sites for hydroxylation is 1. The normalized spacial score (nSPS) is 12.6. The lowest BCUT2D eigenvalue weighted by Crippen LogP contribution is -2.35. The third-order valence-corrected chi connectivity index (χ3v) is 4.29. The fourth-order valence-corrected chi connectivity index (χ4v) is 2.35. The first kappa shape index (κ1) is 16.4. The van der Waals surface area contributed by atoms with E-state index >= 15 is 0 Å². The van der Waals surface area contributed by atoms with Gasteiger partial charge in [-0.15, -0.1) is 0 Å². The third kappa shape index (κ3) is 4.76. The van der Waals surface area contributed by atoms with Crippen molar-refractivity contribution < 1.29 is 4.79 Å². The number of benzene rings is 1. The van der Waals surface area contributed by atoms with Crippen LogP contribution in [0.1, 0.15) is 36.2 Å². The molecular formula is C15H23IN2O. The predicted octanol–water partition coefficient (Wildman–Crippen LogP) is 3.05. The Morgan fingerprint density at radius 3 is 2.63 bits per heavy atom. The monoisotopic (exact) mass is 374 g/mol. The molecule has 2 N–H and O–H groups in total. The highest BCUT2D eigenvalue weighted by Crippen LogP contribution is 2.16. The van der Waals surface area contributed by atoms with Gasteiger partial charge in [-0.2, -0.15) is 0 Å². The van der Waals surface area contributed by atoms with Gasteiger partial charge in [0.25, 0.3) is 5.91 Å². The van der Waals surface area contributed by atoms with Crippen molar-refractivity contribution in [1.29, 1.82) is 0 Å². The quantitative estimate of drug-likeness (QED) is 0.806. The Bertz CT molecular complexity index is 446. The Morgan fingerprint density at radius 1 is 1.42 bits per heavy atom. The van der Waals surface area contributed by atoms with E-state index in [0.717, 1.165) is 21.1 Å². The van der Waals surface area contributed by atoms with Crippen LogP contribution in [-0.4, -0.2) is 30.4 Å². The maximum Gasteiger partial charge on any atom is 0.254 e. The maximum absolute atomic E-state index is 12.4. The Kier molecular flexibility index (Phi) is 6.26. The van der Waals surface area contributed by atoms with Crippen LogP contribution in [0, 0.1) is 16.4 Å². The van der Waals surface area contributed by atoms with Crippen molar-refractivity contribution in [3.05, 3.63) is 32.9 Å². The molecular weight excluding hydrogens is 351 g/mol. The Morgan fingerprint density at radius 2 is 2.05 bits per heavy atom. The number of hydrogen-bond donors (Lipinski definition) is 1. The molecule has 1 aromatic rings. The zero-order chi connectivity index (χ0) is 14.6. The standard InChI is InChI=1S/C15H23IN2O/c1-10(2)14(17)7-8-18(4)15(19)12-9-11(3)5-6-13(12)16/h5-6,9-10,14H,7-8,17H2,1-4H3. The number of nitrogens with two attached hydrogens (primary N) is 1. The first-order valence-electron chi connectivity index (χ1n) is 6.60. The summed E-state index contributed by atoms with van der Waals surface area (Å²) in [6, 6.07) is 6.10. The molecule has 19 heavy (non-hydrogen) atoms. The predicted molar refractivity (Wildman–Crippen MR) is 88.3 cm³/mol. The molecule has 0 saturated carbocycles. The molecule has 0 aliphatic heterocycles. The summed E-state index contributed by atoms with van der Waals surface area (Å²) in [5, 5.41) is 0. The largest absolute Gasteiger partial charge is 0.342 e. The van der Waals surface area contributed by atoms with Crippen molar-refractivity contribution in [2.75, 3.05) is 13.6 Å². The topological polar surface area (TPSA) is 46.3 Å². The molecule has 0 saturated heterocycles. The third-order valence-electron chi connectivity index (χ3n) is 3.35. The second kappa shape index (κ2) is 7.24. The fourth-order valence-electron chi connectivity index (χ4n) is 1.79. The van der Waals surface area contributed by atoms with E-state index in [0.29, 0.717) is 12.5 Å². The van der Waals surface area contributed by atoms with Crippen LogP contribution in [0.25, 0.3) is 0 Å². The average molecular weight is 374 g/mol.